The number of nitrogens with one attached hydrogen (secondary N) is 1. The number of rotatable bonds is 9. The summed E-state index contributed by atoms with van der Waals surface area (Å²) in [4.78, 5) is 5.37. The predicted molar refractivity (Wildman–Crippen MR) is 87.1 cm³/mol. The van der Waals surface area contributed by atoms with Gasteiger partial charge < -0.3 is 10.2 Å². The van der Waals surface area contributed by atoms with Gasteiger partial charge >= 0.3 is 0 Å². The summed E-state index contributed by atoms with van der Waals surface area (Å²) in [6.45, 7) is 15.9. The van der Waals surface area contributed by atoms with Crippen LogP contribution in [0, 0.1) is 11.8 Å². The molecule has 0 bridgehead atoms. The first kappa shape index (κ1) is 16.3. The Hall–Kier alpha value is -0.120. The van der Waals surface area contributed by atoms with Crippen molar-refractivity contribution in [3.63, 3.8) is 0 Å². The first-order chi connectivity index (χ1) is 9.72. The second kappa shape index (κ2) is 8.35. The highest BCUT2D eigenvalue weighted by Gasteiger charge is 2.27. The van der Waals surface area contributed by atoms with Gasteiger partial charge in [-0.05, 0) is 37.6 Å². The molecule has 2 unspecified atom stereocenters. The van der Waals surface area contributed by atoms with Gasteiger partial charge in [-0.15, -0.1) is 0 Å². The summed E-state index contributed by atoms with van der Waals surface area (Å²) in [7, 11) is 0. The first-order valence-corrected chi connectivity index (χ1v) is 8.91. The fraction of sp³-hybridized carbons (Fsp3) is 1.00. The zero-order valence-corrected chi connectivity index (χ0v) is 13.9. The topological polar surface area (TPSA) is 18.5 Å². The molecule has 0 aromatic rings. The maximum Gasteiger partial charge on any atom is 0.0220 e. The Labute approximate surface area is 126 Å². The van der Waals surface area contributed by atoms with E-state index in [-0.39, 0.29) is 0 Å². The summed E-state index contributed by atoms with van der Waals surface area (Å²) in [5, 5.41) is 3.77. The van der Waals surface area contributed by atoms with Gasteiger partial charge in [-0.2, -0.15) is 0 Å². The first-order valence-electron chi connectivity index (χ1n) is 8.91. The SMILES string of the molecule is CCCNC(CN1CCN(CC2CC2)CC1)C(C)CC. The maximum absolute atomic E-state index is 3.77. The summed E-state index contributed by atoms with van der Waals surface area (Å²) in [5.74, 6) is 1.83. The highest BCUT2D eigenvalue weighted by atomic mass is 15.3. The molecule has 0 spiro atoms. The Balaban J connectivity index is 1.70. The minimum atomic E-state index is 0.676. The third kappa shape index (κ3) is 5.34. The molecule has 3 heteroatoms. The van der Waals surface area contributed by atoms with Gasteiger partial charge in [0.05, 0.1) is 0 Å². The molecule has 1 N–H and O–H groups in total. The van der Waals surface area contributed by atoms with Gasteiger partial charge in [-0.3, -0.25) is 4.90 Å². The van der Waals surface area contributed by atoms with Crippen LogP contribution in [-0.4, -0.2) is 61.7 Å². The zero-order chi connectivity index (χ0) is 14.4. The molecule has 0 aromatic heterocycles. The lowest BCUT2D eigenvalue weighted by Gasteiger charge is -2.38. The minimum absolute atomic E-state index is 0.676. The van der Waals surface area contributed by atoms with E-state index in [0.29, 0.717) is 6.04 Å². The number of piperazine rings is 1. The van der Waals surface area contributed by atoms with Crippen molar-refractivity contribution >= 4 is 0 Å². The van der Waals surface area contributed by atoms with Crippen molar-refractivity contribution in [1.29, 1.82) is 0 Å². The number of nitrogens with zero attached hydrogens (tertiary/aromatic N) is 2. The Morgan fingerprint density at radius 2 is 1.70 bits per heavy atom. The molecule has 1 heterocycles. The van der Waals surface area contributed by atoms with E-state index in [2.05, 4.69) is 35.9 Å². The van der Waals surface area contributed by atoms with Gasteiger partial charge in [-0.1, -0.05) is 27.2 Å². The Bertz CT molecular complexity index is 257. The lowest BCUT2D eigenvalue weighted by Crippen LogP contribution is -2.52. The Morgan fingerprint density at radius 3 is 2.25 bits per heavy atom. The van der Waals surface area contributed by atoms with Crippen LogP contribution >= 0.6 is 0 Å². The molecule has 2 rings (SSSR count). The van der Waals surface area contributed by atoms with Crippen LogP contribution in [0.4, 0.5) is 0 Å². The predicted octanol–water partition coefficient (Wildman–Crippen LogP) is 2.43. The largest absolute Gasteiger partial charge is 0.312 e. The fourth-order valence-corrected chi connectivity index (χ4v) is 3.16. The van der Waals surface area contributed by atoms with Crippen molar-refractivity contribution in [2.45, 2.75) is 52.5 Å². The molecule has 118 valence electrons. The number of hydrogen-bond acceptors (Lipinski definition) is 3. The molecule has 1 saturated carbocycles. The van der Waals surface area contributed by atoms with Gasteiger partial charge in [0.1, 0.15) is 0 Å². The van der Waals surface area contributed by atoms with E-state index in [0.717, 1.165) is 18.4 Å². The molecule has 0 aromatic carbocycles. The normalized spacial score (nSPS) is 24.8. The summed E-state index contributed by atoms with van der Waals surface area (Å²) in [5.41, 5.74) is 0. The smallest absolute Gasteiger partial charge is 0.0220 e. The van der Waals surface area contributed by atoms with Crippen molar-refractivity contribution in [3.8, 4) is 0 Å². The molecule has 3 nitrogen and oxygen atoms in total. The van der Waals surface area contributed by atoms with E-state index in [1.807, 2.05) is 0 Å². The van der Waals surface area contributed by atoms with Gasteiger partial charge in [0.2, 0.25) is 0 Å². The van der Waals surface area contributed by atoms with Gasteiger partial charge in [0.15, 0.2) is 0 Å². The lowest BCUT2D eigenvalue weighted by atomic mass is 9.98. The third-order valence-corrected chi connectivity index (χ3v) is 5.12. The molecule has 0 amide bonds. The monoisotopic (exact) mass is 281 g/mol. The zero-order valence-electron chi connectivity index (χ0n) is 13.9. The average Bonchev–Trinajstić information content (AvgIpc) is 3.28. The van der Waals surface area contributed by atoms with Gasteiger partial charge in [-0.25, -0.2) is 0 Å². The second-order valence-electron chi connectivity index (χ2n) is 6.99. The van der Waals surface area contributed by atoms with Crippen LogP contribution in [0.1, 0.15) is 46.5 Å². The molecular weight excluding hydrogens is 246 g/mol. The van der Waals surface area contributed by atoms with Crippen LogP contribution in [0.25, 0.3) is 0 Å². The number of hydrogen-bond donors (Lipinski definition) is 1. The van der Waals surface area contributed by atoms with Crippen LogP contribution in [0.15, 0.2) is 0 Å². The standard InChI is InChI=1S/C17H35N3/c1-4-8-18-17(15(3)5-2)14-20-11-9-19(10-12-20)13-16-6-7-16/h15-18H,4-14H2,1-3H3. The molecule has 1 aliphatic carbocycles. The van der Waals surface area contributed by atoms with Crippen LogP contribution in [0.3, 0.4) is 0 Å². The summed E-state index contributed by atoms with van der Waals surface area (Å²) >= 11 is 0. The van der Waals surface area contributed by atoms with Crippen molar-refractivity contribution in [1.82, 2.24) is 15.1 Å². The molecule has 1 aliphatic heterocycles. The van der Waals surface area contributed by atoms with E-state index in [1.54, 1.807) is 0 Å². The van der Waals surface area contributed by atoms with Crippen molar-refractivity contribution in [2.75, 3.05) is 45.8 Å². The molecular formula is C17H35N3. The quantitative estimate of drug-likeness (QED) is 0.700. The van der Waals surface area contributed by atoms with E-state index in [4.69, 9.17) is 0 Å². The molecule has 2 aliphatic rings. The summed E-state index contributed by atoms with van der Waals surface area (Å²) in [6.07, 6.45) is 5.49. The maximum atomic E-state index is 3.77. The third-order valence-electron chi connectivity index (χ3n) is 5.12. The van der Waals surface area contributed by atoms with Crippen molar-refractivity contribution < 1.29 is 0 Å². The van der Waals surface area contributed by atoms with Gasteiger partial charge in [0.25, 0.3) is 0 Å². The van der Waals surface area contributed by atoms with E-state index < -0.39 is 0 Å². The average molecular weight is 281 g/mol. The van der Waals surface area contributed by atoms with E-state index >= 15 is 0 Å². The Morgan fingerprint density at radius 1 is 1.05 bits per heavy atom. The molecule has 2 atom stereocenters. The van der Waals surface area contributed by atoms with Crippen LogP contribution < -0.4 is 5.32 Å². The highest BCUT2D eigenvalue weighted by molar-refractivity contribution is 4.83. The Kier molecular flexibility index (Phi) is 6.79. The van der Waals surface area contributed by atoms with Gasteiger partial charge in [0, 0.05) is 45.3 Å². The van der Waals surface area contributed by atoms with E-state index in [9.17, 15) is 0 Å². The van der Waals surface area contributed by atoms with Crippen molar-refractivity contribution in [2.24, 2.45) is 11.8 Å². The molecule has 2 fully saturated rings. The van der Waals surface area contributed by atoms with Crippen LogP contribution in [0.2, 0.25) is 0 Å². The molecule has 20 heavy (non-hydrogen) atoms. The van der Waals surface area contributed by atoms with Crippen molar-refractivity contribution in [3.05, 3.63) is 0 Å². The van der Waals surface area contributed by atoms with Crippen LogP contribution in [0.5, 0.6) is 0 Å². The highest BCUT2D eigenvalue weighted by Crippen LogP contribution is 2.29. The summed E-state index contributed by atoms with van der Waals surface area (Å²) in [6, 6.07) is 0.676. The fourth-order valence-electron chi connectivity index (χ4n) is 3.16. The molecule has 1 saturated heterocycles. The molecule has 0 radical (unpaired) electrons. The van der Waals surface area contributed by atoms with E-state index in [1.165, 1.54) is 65.0 Å². The van der Waals surface area contributed by atoms with Crippen LogP contribution in [-0.2, 0) is 0 Å². The summed E-state index contributed by atoms with van der Waals surface area (Å²) < 4.78 is 0. The second-order valence-corrected chi connectivity index (χ2v) is 6.99. The minimum Gasteiger partial charge on any atom is -0.312 e. The lowest BCUT2D eigenvalue weighted by molar-refractivity contribution is 0.111.